The van der Waals surface area contributed by atoms with Crippen LogP contribution in [0.2, 0.25) is 0 Å². The van der Waals surface area contributed by atoms with E-state index in [0.29, 0.717) is 0 Å². The Hall–Kier alpha value is -6.58. The van der Waals surface area contributed by atoms with Crippen molar-refractivity contribution in [3.63, 3.8) is 0 Å². The number of nitrogens with zero attached hydrogens (tertiary/aromatic N) is 3. The molecule has 0 radical (unpaired) electrons. The minimum absolute atomic E-state index is 0.826. The monoisotopic (exact) mass is 621 g/mol. The molecule has 1 aliphatic rings. The second-order valence-electron chi connectivity index (χ2n) is 12.9. The zero-order valence-corrected chi connectivity index (χ0v) is 26.4. The van der Waals surface area contributed by atoms with Crippen LogP contribution in [0.1, 0.15) is 0 Å². The highest BCUT2D eigenvalue weighted by Gasteiger charge is 2.25. The summed E-state index contributed by atoms with van der Waals surface area (Å²) in [6.45, 7) is 0. The fraction of sp³-hybridized carbons (Fsp3) is 0. The quantitative estimate of drug-likeness (QED) is 0.180. The summed E-state index contributed by atoms with van der Waals surface area (Å²) in [4.78, 5) is 10.9. The molecule has 11 rings (SSSR count). The van der Waals surface area contributed by atoms with Gasteiger partial charge in [-0.05, 0) is 73.8 Å². The molecule has 0 fully saturated rings. The van der Waals surface area contributed by atoms with E-state index in [2.05, 4.69) is 168 Å². The van der Waals surface area contributed by atoms with E-state index in [4.69, 9.17) is 9.97 Å². The number of fused-ring (bicyclic) bond motifs is 11. The Labute approximate surface area is 282 Å². The lowest BCUT2D eigenvalue weighted by Gasteiger charge is -2.16. The first-order valence-corrected chi connectivity index (χ1v) is 16.8. The van der Waals surface area contributed by atoms with E-state index in [1.165, 1.54) is 54.9 Å². The second kappa shape index (κ2) is 9.96. The SMILES string of the molecule is c1ccc(-c2nc3c(ccc4ccccc43)nc2-n2c3ccccc3c3cc4c(cc32)-c2ccccc2-c2cccc3cccc-4c23)cc1. The molecule has 2 heterocycles. The van der Waals surface area contributed by atoms with E-state index in [0.717, 1.165) is 49.9 Å². The first-order valence-electron chi connectivity index (χ1n) is 16.8. The van der Waals surface area contributed by atoms with Crippen molar-refractivity contribution in [2.75, 3.05) is 0 Å². The molecule has 0 amide bonds. The third-order valence-electron chi connectivity index (χ3n) is 10.3. The Morgan fingerprint density at radius 2 is 1.02 bits per heavy atom. The van der Waals surface area contributed by atoms with Gasteiger partial charge in [-0.15, -0.1) is 0 Å². The van der Waals surface area contributed by atoms with Crippen LogP contribution in [-0.4, -0.2) is 14.5 Å². The molecular weight excluding hydrogens is 595 g/mol. The highest BCUT2D eigenvalue weighted by atomic mass is 15.1. The molecule has 1 aliphatic carbocycles. The first kappa shape index (κ1) is 26.5. The van der Waals surface area contributed by atoms with Gasteiger partial charge < -0.3 is 0 Å². The maximum absolute atomic E-state index is 5.48. The Morgan fingerprint density at radius 3 is 1.86 bits per heavy atom. The molecule has 226 valence electrons. The molecule has 3 nitrogen and oxygen atoms in total. The molecular formula is C46H27N3. The van der Waals surface area contributed by atoms with Crippen molar-refractivity contribution in [3.8, 4) is 50.5 Å². The average molecular weight is 622 g/mol. The van der Waals surface area contributed by atoms with E-state index in [-0.39, 0.29) is 0 Å². The molecule has 0 N–H and O–H groups in total. The summed E-state index contributed by atoms with van der Waals surface area (Å²) < 4.78 is 2.34. The highest BCUT2D eigenvalue weighted by molar-refractivity contribution is 6.18. The lowest BCUT2D eigenvalue weighted by molar-refractivity contribution is 1.08. The number of hydrogen-bond donors (Lipinski definition) is 0. The predicted molar refractivity (Wildman–Crippen MR) is 204 cm³/mol. The third kappa shape index (κ3) is 3.73. The number of para-hydroxylation sites is 1. The van der Waals surface area contributed by atoms with E-state index < -0.39 is 0 Å². The lowest BCUT2D eigenvalue weighted by atomic mass is 9.92. The summed E-state index contributed by atoms with van der Waals surface area (Å²) in [6, 6.07) is 59.0. The van der Waals surface area contributed by atoms with Gasteiger partial charge in [0.25, 0.3) is 0 Å². The van der Waals surface area contributed by atoms with Crippen LogP contribution in [0.5, 0.6) is 0 Å². The standard InChI is InChI=1S/C46H27N3/c1-2-13-30(14-3-1)44-46(47-40-25-24-28-12-4-5-17-31(28)45(40)48-44)49-41-23-9-8-20-34(41)39-26-37-36-22-11-16-29-15-10-21-35(43(29)36)32-18-6-7-19-33(32)38(37)27-42(39)49/h1-27H. The molecule has 0 saturated heterocycles. The normalized spacial score (nSPS) is 12.1. The minimum atomic E-state index is 0.826. The predicted octanol–water partition coefficient (Wildman–Crippen LogP) is 12.0. The summed E-state index contributed by atoms with van der Waals surface area (Å²) in [6.07, 6.45) is 0. The minimum Gasteiger partial charge on any atom is -0.292 e. The first-order chi connectivity index (χ1) is 24.3. The van der Waals surface area contributed by atoms with Crippen LogP contribution in [0.15, 0.2) is 164 Å². The topological polar surface area (TPSA) is 30.7 Å². The fourth-order valence-corrected chi connectivity index (χ4v) is 8.16. The molecule has 8 aromatic carbocycles. The van der Waals surface area contributed by atoms with Crippen LogP contribution in [0.25, 0.3) is 105 Å². The van der Waals surface area contributed by atoms with Crippen molar-refractivity contribution in [1.82, 2.24) is 14.5 Å². The Morgan fingerprint density at radius 1 is 0.388 bits per heavy atom. The molecule has 2 aromatic heterocycles. The molecule has 0 saturated carbocycles. The van der Waals surface area contributed by atoms with Gasteiger partial charge >= 0.3 is 0 Å². The molecule has 0 aliphatic heterocycles. The van der Waals surface area contributed by atoms with Crippen LogP contribution in [0, 0.1) is 0 Å². The van der Waals surface area contributed by atoms with Crippen LogP contribution < -0.4 is 0 Å². The molecule has 0 spiro atoms. The van der Waals surface area contributed by atoms with Crippen LogP contribution in [0.3, 0.4) is 0 Å². The zero-order chi connectivity index (χ0) is 32.1. The van der Waals surface area contributed by atoms with E-state index in [9.17, 15) is 0 Å². The van der Waals surface area contributed by atoms with Crippen LogP contribution in [0.4, 0.5) is 0 Å². The van der Waals surface area contributed by atoms with E-state index in [1.54, 1.807) is 0 Å². The molecule has 3 heteroatoms. The highest BCUT2D eigenvalue weighted by Crippen LogP contribution is 2.50. The van der Waals surface area contributed by atoms with Crippen molar-refractivity contribution >= 4 is 54.4 Å². The molecule has 0 unspecified atom stereocenters. The van der Waals surface area contributed by atoms with Gasteiger partial charge in [-0.3, -0.25) is 4.57 Å². The summed E-state index contributed by atoms with van der Waals surface area (Å²) in [5, 5.41) is 7.21. The van der Waals surface area contributed by atoms with Gasteiger partial charge in [-0.2, -0.15) is 0 Å². The van der Waals surface area contributed by atoms with Crippen molar-refractivity contribution in [1.29, 1.82) is 0 Å². The molecule has 10 aromatic rings. The van der Waals surface area contributed by atoms with Crippen molar-refractivity contribution < 1.29 is 0 Å². The molecule has 0 bridgehead atoms. The van der Waals surface area contributed by atoms with Crippen LogP contribution >= 0.6 is 0 Å². The number of rotatable bonds is 2. The van der Waals surface area contributed by atoms with Gasteiger partial charge in [0.05, 0.1) is 22.1 Å². The third-order valence-corrected chi connectivity index (χ3v) is 10.3. The molecule has 0 atom stereocenters. The number of hydrogen-bond acceptors (Lipinski definition) is 2. The van der Waals surface area contributed by atoms with E-state index >= 15 is 0 Å². The van der Waals surface area contributed by atoms with Crippen molar-refractivity contribution in [3.05, 3.63) is 164 Å². The van der Waals surface area contributed by atoms with Crippen molar-refractivity contribution in [2.24, 2.45) is 0 Å². The van der Waals surface area contributed by atoms with Gasteiger partial charge in [-0.1, -0.05) is 140 Å². The van der Waals surface area contributed by atoms with Gasteiger partial charge in [0.2, 0.25) is 0 Å². The van der Waals surface area contributed by atoms with Gasteiger partial charge in [0.15, 0.2) is 5.82 Å². The maximum atomic E-state index is 5.48. The second-order valence-corrected chi connectivity index (χ2v) is 12.9. The Bertz CT molecular complexity index is 2980. The lowest BCUT2D eigenvalue weighted by Crippen LogP contribution is -2.04. The van der Waals surface area contributed by atoms with Crippen LogP contribution in [-0.2, 0) is 0 Å². The van der Waals surface area contributed by atoms with Gasteiger partial charge in [-0.25, -0.2) is 9.97 Å². The number of aromatic nitrogens is 3. The smallest absolute Gasteiger partial charge is 0.165 e. The maximum Gasteiger partial charge on any atom is 0.165 e. The fourth-order valence-electron chi connectivity index (χ4n) is 8.16. The summed E-state index contributed by atoms with van der Waals surface area (Å²) in [7, 11) is 0. The Kier molecular flexibility index (Phi) is 5.38. The van der Waals surface area contributed by atoms with Gasteiger partial charge in [0.1, 0.15) is 5.69 Å². The van der Waals surface area contributed by atoms with Crippen molar-refractivity contribution in [2.45, 2.75) is 0 Å². The number of benzene rings is 8. The summed E-state index contributed by atoms with van der Waals surface area (Å²) >= 11 is 0. The molecule has 49 heavy (non-hydrogen) atoms. The summed E-state index contributed by atoms with van der Waals surface area (Å²) in [5.74, 6) is 0.826. The Balaban J connectivity index is 1.31. The summed E-state index contributed by atoms with van der Waals surface area (Å²) in [5.41, 5.74) is 13.4. The zero-order valence-electron chi connectivity index (χ0n) is 26.4. The average Bonchev–Trinajstić information content (AvgIpc) is 3.44. The van der Waals surface area contributed by atoms with Gasteiger partial charge in [0, 0.05) is 21.7 Å². The van der Waals surface area contributed by atoms with E-state index in [1.807, 2.05) is 0 Å². The largest absolute Gasteiger partial charge is 0.292 e.